The van der Waals surface area contributed by atoms with Gasteiger partial charge >= 0.3 is 0 Å². The van der Waals surface area contributed by atoms with Crippen LogP contribution in [0.1, 0.15) is 19.4 Å². The van der Waals surface area contributed by atoms with E-state index in [-0.39, 0.29) is 30.5 Å². The lowest BCUT2D eigenvalue weighted by atomic mass is 10.2. The largest absolute Gasteiger partial charge is 0.373 e. The lowest BCUT2D eigenvalue weighted by Gasteiger charge is -2.34. The number of halogens is 1. The molecular formula is C15H21FN2O2. The summed E-state index contributed by atoms with van der Waals surface area (Å²) in [5.41, 5.74) is 0.504. The molecule has 0 aliphatic carbocycles. The number of amides is 1. The van der Waals surface area contributed by atoms with E-state index in [2.05, 4.69) is 10.2 Å². The van der Waals surface area contributed by atoms with Crippen LogP contribution < -0.4 is 5.32 Å². The van der Waals surface area contributed by atoms with E-state index in [9.17, 15) is 9.18 Å². The first kappa shape index (κ1) is 14.9. The Balaban J connectivity index is 1.79. The molecule has 0 radical (unpaired) electrons. The summed E-state index contributed by atoms with van der Waals surface area (Å²) in [5.74, 6) is -0.379. The third kappa shape index (κ3) is 4.28. The Bertz CT molecular complexity index is 457. The molecule has 0 spiro atoms. The lowest BCUT2D eigenvalue weighted by molar-refractivity contribution is -0.126. The molecule has 20 heavy (non-hydrogen) atoms. The first-order valence-corrected chi connectivity index (χ1v) is 6.92. The molecule has 0 saturated carbocycles. The zero-order valence-corrected chi connectivity index (χ0v) is 11.9. The summed E-state index contributed by atoms with van der Waals surface area (Å²) in [4.78, 5) is 14.0. The highest BCUT2D eigenvalue weighted by molar-refractivity contribution is 5.78. The molecular weight excluding hydrogens is 259 g/mol. The van der Waals surface area contributed by atoms with Crippen molar-refractivity contribution in [2.75, 3.05) is 19.6 Å². The fraction of sp³-hybridized carbons (Fsp3) is 0.533. The molecule has 1 aromatic rings. The van der Waals surface area contributed by atoms with Crippen LogP contribution in [0.4, 0.5) is 4.39 Å². The fourth-order valence-electron chi connectivity index (χ4n) is 2.51. The van der Waals surface area contributed by atoms with Crippen LogP contribution in [0.25, 0.3) is 0 Å². The average molecular weight is 280 g/mol. The van der Waals surface area contributed by atoms with Gasteiger partial charge in [0.2, 0.25) is 5.91 Å². The smallest absolute Gasteiger partial charge is 0.234 e. The molecule has 1 aromatic carbocycles. The van der Waals surface area contributed by atoms with Crippen LogP contribution in [0.5, 0.6) is 0 Å². The molecule has 1 amide bonds. The molecule has 2 atom stereocenters. The summed E-state index contributed by atoms with van der Waals surface area (Å²) in [6.45, 7) is 6.04. The predicted octanol–water partition coefficient (Wildman–Crippen LogP) is 1.55. The second-order valence-corrected chi connectivity index (χ2v) is 5.32. The molecule has 2 rings (SSSR count). The Morgan fingerprint density at radius 1 is 1.35 bits per heavy atom. The van der Waals surface area contributed by atoms with Crippen molar-refractivity contribution in [1.82, 2.24) is 10.2 Å². The second-order valence-electron chi connectivity index (χ2n) is 5.32. The van der Waals surface area contributed by atoms with E-state index >= 15 is 0 Å². The van der Waals surface area contributed by atoms with Crippen LogP contribution in [-0.4, -0.2) is 42.6 Å². The standard InChI is InChI=1S/C15H21FN2O2/c1-11-8-18(9-12(2)20-11)10-15(19)17-7-13-5-3-4-6-14(13)16/h3-6,11-12H,7-10H2,1-2H3,(H,17,19)/t11-,12+. The maximum absolute atomic E-state index is 13.4. The summed E-state index contributed by atoms with van der Waals surface area (Å²) in [7, 11) is 0. The number of benzene rings is 1. The highest BCUT2D eigenvalue weighted by Crippen LogP contribution is 2.10. The molecule has 1 aliphatic rings. The first-order valence-electron chi connectivity index (χ1n) is 6.92. The number of hydrogen-bond donors (Lipinski definition) is 1. The molecule has 1 fully saturated rings. The van der Waals surface area contributed by atoms with Crippen LogP contribution >= 0.6 is 0 Å². The Morgan fingerprint density at radius 2 is 2.00 bits per heavy atom. The van der Waals surface area contributed by atoms with Crippen LogP contribution in [0, 0.1) is 5.82 Å². The van der Waals surface area contributed by atoms with E-state index in [1.54, 1.807) is 18.2 Å². The maximum atomic E-state index is 13.4. The highest BCUT2D eigenvalue weighted by Gasteiger charge is 2.23. The Morgan fingerprint density at radius 3 is 2.65 bits per heavy atom. The predicted molar refractivity (Wildman–Crippen MR) is 74.7 cm³/mol. The van der Waals surface area contributed by atoms with Crippen molar-refractivity contribution >= 4 is 5.91 Å². The van der Waals surface area contributed by atoms with Crippen LogP contribution in [-0.2, 0) is 16.1 Å². The van der Waals surface area contributed by atoms with Crippen molar-refractivity contribution in [2.24, 2.45) is 0 Å². The SMILES string of the molecule is C[C@@H]1CN(CC(=O)NCc2ccccc2F)C[C@H](C)O1. The van der Waals surface area contributed by atoms with Gasteiger partial charge in [0.1, 0.15) is 5.82 Å². The van der Waals surface area contributed by atoms with Gasteiger partial charge < -0.3 is 10.1 Å². The highest BCUT2D eigenvalue weighted by atomic mass is 19.1. The van der Waals surface area contributed by atoms with Gasteiger partial charge in [0, 0.05) is 25.2 Å². The number of ether oxygens (including phenoxy) is 1. The minimum absolute atomic E-state index is 0.0884. The summed E-state index contributed by atoms with van der Waals surface area (Å²) < 4.78 is 19.0. The molecule has 4 nitrogen and oxygen atoms in total. The topological polar surface area (TPSA) is 41.6 Å². The van der Waals surface area contributed by atoms with Gasteiger partial charge in [-0.3, -0.25) is 9.69 Å². The quantitative estimate of drug-likeness (QED) is 0.910. The molecule has 0 aromatic heterocycles. The normalized spacial score (nSPS) is 23.6. The van der Waals surface area contributed by atoms with Gasteiger partial charge in [0.25, 0.3) is 0 Å². The summed E-state index contributed by atoms with van der Waals surface area (Å²) in [5, 5.41) is 2.76. The van der Waals surface area contributed by atoms with Gasteiger partial charge in [0.05, 0.1) is 18.8 Å². The number of carbonyl (C=O) groups is 1. The second kappa shape index (κ2) is 6.81. The number of rotatable bonds is 4. The molecule has 5 heteroatoms. The molecule has 110 valence electrons. The van der Waals surface area contributed by atoms with E-state index in [0.29, 0.717) is 12.1 Å². The van der Waals surface area contributed by atoms with Crippen LogP contribution in [0.15, 0.2) is 24.3 Å². The van der Waals surface area contributed by atoms with Crippen molar-refractivity contribution in [3.8, 4) is 0 Å². The molecule has 1 saturated heterocycles. The summed E-state index contributed by atoms with van der Waals surface area (Å²) >= 11 is 0. The molecule has 1 N–H and O–H groups in total. The zero-order chi connectivity index (χ0) is 14.5. The lowest BCUT2D eigenvalue weighted by Crippen LogP contribution is -2.49. The van der Waals surface area contributed by atoms with Crippen molar-refractivity contribution in [2.45, 2.75) is 32.6 Å². The molecule has 1 aliphatic heterocycles. The van der Waals surface area contributed by atoms with E-state index < -0.39 is 0 Å². The molecule has 1 heterocycles. The average Bonchev–Trinajstić information content (AvgIpc) is 2.36. The van der Waals surface area contributed by atoms with Crippen LogP contribution in [0.2, 0.25) is 0 Å². The van der Waals surface area contributed by atoms with Gasteiger partial charge in [-0.15, -0.1) is 0 Å². The number of nitrogens with one attached hydrogen (secondary N) is 1. The zero-order valence-electron chi connectivity index (χ0n) is 11.9. The summed E-state index contributed by atoms with van der Waals surface area (Å²) in [6, 6.07) is 6.47. The fourth-order valence-corrected chi connectivity index (χ4v) is 2.51. The number of carbonyl (C=O) groups excluding carboxylic acids is 1. The van der Waals surface area contributed by atoms with Gasteiger partial charge in [-0.2, -0.15) is 0 Å². The van der Waals surface area contributed by atoms with E-state index in [0.717, 1.165) is 13.1 Å². The van der Waals surface area contributed by atoms with E-state index in [1.807, 2.05) is 13.8 Å². The third-order valence-corrected chi connectivity index (χ3v) is 3.30. The minimum Gasteiger partial charge on any atom is -0.373 e. The van der Waals surface area contributed by atoms with Crippen molar-refractivity contribution in [1.29, 1.82) is 0 Å². The van der Waals surface area contributed by atoms with Gasteiger partial charge in [-0.25, -0.2) is 4.39 Å². The first-order chi connectivity index (χ1) is 9.54. The number of hydrogen-bond acceptors (Lipinski definition) is 3. The van der Waals surface area contributed by atoms with E-state index in [4.69, 9.17) is 4.74 Å². The maximum Gasteiger partial charge on any atom is 0.234 e. The van der Waals surface area contributed by atoms with Gasteiger partial charge in [-0.1, -0.05) is 18.2 Å². The summed E-state index contributed by atoms with van der Waals surface area (Å²) in [6.07, 6.45) is 0.274. The Labute approximate surface area is 118 Å². The Kier molecular flexibility index (Phi) is 5.09. The Hall–Kier alpha value is -1.46. The van der Waals surface area contributed by atoms with Crippen molar-refractivity contribution in [3.63, 3.8) is 0 Å². The number of morpholine rings is 1. The third-order valence-electron chi connectivity index (χ3n) is 3.30. The number of nitrogens with zero attached hydrogens (tertiary/aromatic N) is 1. The molecule has 0 unspecified atom stereocenters. The van der Waals surface area contributed by atoms with Crippen LogP contribution in [0.3, 0.4) is 0 Å². The van der Waals surface area contributed by atoms with E-state index in [1.165, 1.54) is 6.07 Å². The van der Waals surface area contributed by atoms with Gasteiger partial charge in [-0.05, 0) is 19.9 Å². The van der Waals surface area contributed by atoms with Crippen molar-refractivity contribution < 1.29 is 13.9 Å². The minimum atomic E-state index is -0.290. The molecule has 0 bridgehead atoms. The monoisotopic (exact) mass is 280 g/mol. The van der Waals surface area contributed by atoms with Crippen molar-refractivity contribution in [3.05, 3.63) is 35.6 Å². The van der Waals surface area contributed by atoms with Gasteiger partial charge in [0.15, 0.2) is 0 Å².